The van der Waals surface area contributed by atoms with Crippen molar-refractivity contribution in [2.24, 2.45) is 7.05 Å². The molecule has 0 fully saturated rings. The van der Waals surface area contributed by atoms with E-state index in [9.17, 15) is 13.6 Å². The van der Waals surface area contributed by atoms with Gasteiger partial charge >= 0.3 is 6.55 Å². The number of carbonyl (C=O) groups is 1. The molecule has 21 heavy (non-hydrogen) atoms. The fraction of sp³-hybridized carbons (Fsp3) is 0.462. The smallest absolute Gasteiger partial charge is 0.319 e. The van der Waals surface area contributed by atoms with Crippen LogP contribution in [0.4, 0.5) is 8.78 Å². The van der Waals surface area contributed by atoms with Crippen LogP contribution in [-0.4, -0.2) is 37.2 Å². The normalized spacial score (nSPS) is 11.2. The summed E-state index contributed by atoms with van der Waals surface area (Å²) in [5.41, 5.74) is 1.85. The van der Waals surface area contributed by atoms with Gasteiger partial charge in [-0.05, 0) is 13.8 Å². The highest BCUT2D eigenvalue weighted by molar-refractivity contribution is 5.96. The van der Waals surface area contributed by atoms with Gasteiger partial charge in [0.1, 0.15) is 5.82 Å². The zero-order chi connectivity index (χ0) is 15.7. The van der Waals surface area contributed by atoms with Crippen molar-refractivity contribution in [3.05, 3.63) is 35.2 Å². The van der Waals surface area contributed by atoms with Crippen LogP contribution in [0.5, 0.6) is 0 Å². The number of rotatable bonds is 4. The highest BCUT2D eigenvalue weighted by atomic mass is 19.3. The number of aromatic nitrogens is 4. The van der Waals surface area contributed by atoms with E-state index in [1.165, 1.54) is 17.3 Å². The molecule has 0 aliphatic carbocycles. The van der Waals surface area contributed by atoms with Gasteiger partial charge in [-0.3, -0.25) is 14.0 Å². The molecule has 0 atom stereocenters. The third-order valence-electron chi connectivity index (χ3n) is 3.41. The molecule has 2 rings (SSSR count). The Morgan fingerprint density at radius 3 is 2.62 bits per heavy atom. The molecule has 0 bridgehead atoms. The highest BCUT2D eigenvalue weighted by Crippen LogP contribution is 2.17. The average Bonchev–Trinajstić information content (AvgIpc) is 2.95. The molecule has 0 spiro atoms. The summed E-state index contributed by atoms with van der Waals surface area (Å²) < 4.78 is 27.9. The lowest BCUT2D eigenvalue weighted by molar-refractivity contribution is 0.0612. The molecule has 2 aromatic heterocycles. The maximum Gasteiger partial charge on any atom is 0.319 e. The van der Waals surface area contributed by atoms with Gasteiger partial charge in [-0.15, -0.1) is 0 Å². The summed E-state index contributed by atoms with van der Waals surface area (Å²) in [7, 11) is 3.31. The second-order valence-corrected chi connectivity index (χ2v) is 4.86. The summed E-state index contributed by atoms with van der Waals surface area (Å²) in [5.74, 6) is -0.123. The van der Waals surface area contributed by atoms with E-state index < -0.39 is 6.55 Å². The quantitative estimate of drug-likeness (QED) is 0.866. The molecule has 0 N–H and O–H groups in total. The van der Waals surface area contributed by atoms with E-state index >= 15 is 0 Å². The number of hydrogen-bond acceptors (Lipinski definition) is 3. The Morgan fingerprint density at radius 1 is 1.43 bits per heavy atom. The van der Waals surface area contributed by atoms with Gasteiger partial charge in [-0.2, -0.15) is 13.9 Å². The predicted molar refractivity (Wildman–Crippen MR) is 72.0 cm³/mol. The van der Waals surface area contributed by atoms with Crippen LogP contribution in [0.2, 0.25) is 0 Å². The van der Waals surface area contributed by atoms with Crippen LogP contribution in [0.15, 0.2) is 12.4 Å². The van der Waals surface area contributed by atoms with Crippen LogP contribution >= 0.6 is 0 Å². The summed E-state index contributed by atoms with van der Waals surface area (Å²) in [5, 5.41) is 4.19. The number of halogens is 2. The number of alkyl halides is 2. The maximum atomic E-state index is 12.8. The molecular formula is C13H17F2N5O. The molecule has 0 saturated heterocycles. The van der Waals surface area contributed by atoms with Crippen molar-refractivity contribution >= 4 is 5.91 Å². The molecule has 1 amide bonds. The second-order valence-electron chi connectivity index (χ2n) is 4.86. The number of amides is 1. The lowest BCUT2D eigenvalue weighted by Gasteiger charge is -2.17. The average molecular weight is 297 g/mol. The monoisotopic (exact) mass is 297 g/mol. The highest BCUT2D eigenvalue weighted by Gasteiger charge is 2.22. The Bertz CT molecular complexity index is 662. The fourth-order valence-corrected chi connectivity index (χ4v) is 2.20. The molecule has 2 aromatic rings. The third kappa shape index (κ3) is 2.79. The molecule has 0 saturated carbocycles. The minimum absolute atomic E-state index is 0.00392. The predicted octanol–water partition coefficient (Wildman–Crippen LogP) is 1.90. The van der Waals surface area contributed by atoms with E-state index in [4.69, 9.17) is 0 Å². The minimum atomic E-state index is -2.67. The number of carbonyl (C=O) groups excluding carboxylic acids is 1. The molecular weight excluding hydrogens is 280 g/mol. The number of hydrogen-bond donors (Lipinski definition) is 0. The second kappa shape index (κ2) is 5.63. The first kappa shape index (κ1) is 15.1. The zero-order valence-corrected chi connectivity index (χ0v) is 12.3. The van der Waals surface area contributed by atoms with E-state index in [0.29, 0.717) is 11.3 Å². The molecule has 0 unspecified atom stereocenters. The van der Waals surface area contributed by atoms with Crippen LogP contribution < -0.4 is 0 Å². The lowest BCUT2D eigenvalue weighted by atomic mass is 10.1. The molecule has 8 heteroatoms. The number of nitrogens with zero attached hydrogens (tertiary/aromatic N) is 5. The summed E-state index contributed by atoms with van der Waals surface area (Å²) >= 11 is 0. The zero-order valence-electron chi connectivity index (χ0n) is 12.3. The van der Waals surface area contributed by atoms with Crippen LogP contribution in [0, 0.1) is 13.8 Å². The van der Waals surface area contributed by atoms with Gasteiger partial charge in [0.15, 0.2) is 0 Å². The first-order chi connectivity index (χ1) is 9.82. The van der Waals surface area contributed by atoms with Gasteiger partial charge in [0.25, 0.3) is 5.91 Å². The van der Waals surface area contributed by atoms with Crippen molar-refractivity contribution in [3.8, 4) is 0 Å². The molecule has 0 aromatic carbocycles. The van der Waals surface area contributed by atoms with E-state index in [0.717, 1.165) is 10.3 Å². The summed E-state index contributed by atoms with van der Waals surface area (Å²) in [4.78, 5) is 17.7. The third-order valence-corrected chi connectivity index (χ3v) is 3.41. The molecule has 2 heterocycles. The maximum absolute atomic E-state index is 12.8. The standard InChI is InChI=1S/C13H17F2N5O/c1-8-11(9(2)19(4)17-8)12(21)18(3)7-10-16-5-6-20(10)13(14)15/h5-6,13H,7H2,1-4H3. The van der Waals surface area contributed by atoms with Crippen LogP contribution in [0.3, 0.4) is 0 Å². The van der Waals surface area contributed by atoms with Crippen molar-refractivity contribution in [3.63, 3.8) is 0 Å². The van der Waals surface area contributed by atoms with Crippen molar-refractivity contribution in [2.75, 3.05) is 7.05 Å². The molecule has 0 radical (unpaired) electrons. The Hall–Kier alpha value is -2.25. The fourth-order valence-electron chi connectivity index (χ4n) is 2.20. The molecule has 0 aliphatic heterocycles. The Kier molecular flexibility index (Phi) is 4.06. The Morgan fingerprint density at radius 2 is 2.10 bits per heavy atom. The van der Waals surface area contributed by atoms with E-state index in [1.54, 1.807) is 32.6 Å². The largest absolute Gasteiger partial charge is 0.334 e. The van der Waals surface area contributed by atoms with Gasteiger partial charge in [-0.1, -0.05) is 0 Å². The van der Waals surface area contributed by atoms with Gasteiger partial charge in [0.2, 0.25) is 0 Å². The van der Waals surface area contributed by atoms with E-state index in [1.807, 2.05) is 0 Å². The number of aryl methyl sites for hydroxylation is 2. The van der Waals surface area contributed by atoms with E-state index in [-0.39, 0.29) is 18.3 Å². The summed E-state index contributed by atoms with van der Waals surface area (Å²) in [6.07, 6.45) is 2.49. The van der Waals surface area contributed by atoms with Crippen molar-refractivity contribution < 1.29 is 13.6 Å². The van der Waals surface area contributed by atoms with Gasteiger partial charge in [0, 0.05) is 32.2 Å². The summed E-state index contributed by atoms with van der Waals surface area (Å²) in [6, 6.07) is 0. The van der Waals surface area contributed by atoms with Gasteiger partial charge < -0.3 is 4.90 Å². The van der Waals surface area contributed by atoms with Crippen molar-refractivity contribution in [2.45, 2.75) is 26.9 Å². The van der Waals surface area contributed by atoms with Crippen LogP contribution in [0.1, 0.15) is 34.1 Å². The molecule has 114 valence electrons. The molecule has 0 aliphatic rings. The topological polar surface area (TPSA) is 56.0 Å². The number of imidazole rings is 1. The first-order valence-electron chi connectivity index (χ1n) is 6.38. The Balaban J connectivity index is 2.22. The van der Waals surface area contributed by atoms with Gasteiger partial charge in [-0.25, -0.2) is 4.98 Å². The minimum Gasteiger partial charge on any atom is -0.334 e. The van der Waals surface area contributed by atoms with Crippen molar-refractivity contribution in [1.29, 1.82) is 0 Å². The first-order valence-corrected chi connectivity index (χ1v) is 6.38. The van der Waals surface area contributed by atoms with Crippen molar-refractivity contribution in [1.82, 2.24) is 24.2 Å². The Labute approximate surface area is 121 Å². The van der Waals surface area contributed by atoms with Crippen LogP contribution in [-0.2, 0) is 13.6 Å². The summed E-state index contributed by atoms with van der Waals surface area (Å²) in [6.45, 7) is 0.868. The lowest BCUT2D eigenvalue weighted by Crippen LogP contribution is -2.28. The van der Waals surface area contributed by atoms with Gasteiger partial charge in [0.05, 0.1) is 17.8 Å². The van der Waals surface area contributed by atoms with Crippen LogP contribution in [0.25, 0.3) is 0 Å². The van der Waals surface area contributed by atoms with E-state index in [2.05, 4.69) is 10.1 Å². The molecule has 6 nitrogen and oxygen atoms in total. The SMILES string of the molecule is Cc1nn(C)c(C)c1C(=O)N(C)Cc1nccn1C(F)F.